The van der Waals surface area contributed by atoms with Gasteiger partial charge in [-0.2, -0.15) is 5.10 Å². The second kappa shape index (κ2) is 5.72. The molecule has 2 aromatic rings. The number of nitrogens with zero attached hydrogens (tertiary/aromatic N) is 4. The standard InChI is InChI=1S/C14H14N4O3S/c1-9-15-6-11(22-9)2-3-13(19)17-7-10(8-17)18-12(14(20)21)4-5-16-18/h2-6,10H,7-8H2,1H3,(H,20,21)/b3-2+. The van der Waals surface area contributed by atoms with E-state index in [1.807, 2.05) is 6.92 Å². The summed E-state index contributed by atoms with van der Waals surface area (Å²) in [6.07, 6.45) is 6.45. The number of hydrogen-bond donors (Lipinski definition) is 1. The summed E-state index contributed by atoms with van der Waals surface area (Å²) in [6.45, 7) is 2.84. The molecular weight excluding hydrogens is 304 g/mol. The summed E-state index contributed by atoms with van der Waals surface area (Å²) >= 11 is 1.52. The Balaban J connectivity index is 1.59. The molecule has 3 rings (SSSR count). The lowest BCUT2D eigenvalue weighted by Crippen LogP contribution is -2.51. The van der Waals surface area contributed by atoms with Gasteiger partial charge >= 0.3 is 5.97 Å². The van der Waals surface area contributed by atoms with Crippen molar-refractivity contribution in [2.24, 2.45) is 0 Å². The maximum atomic E-state index is 12.0. The number of carboxylic acids is 1. The third kappa shape index (κ3) is 2.77. The Kier molecular flexibility index (Phi) is 3.76. The van der Waals surface area contributed by atoms with Gasteiger partial charge in [0.25, 0.3) is 0 Å². The number of carbonyl (C=O) groups excluding carboxylic acids is 1. The summed E-state index contributed by atoms with van der Waals surface area (Å²) in [5.41, 5.74) is 0.146. The van der Waals surface area contributed by atoms with Gasteiger partial charge in [-0.1, -0.05) is 0 Å². The number of aryl methyl sites for hydroxylation is 1. The van der Waals surface area contributed by atoms with Crippen LogP contribution in [0, 0.1) is 6.92 Å². The lowest BCUT2D eigenvalue weighted by atomic mass is 10.1. The molecule has 1 saturated heterocycles. The molecule has 1 fully saturated rings. The third-order valence-electron chi connectivity index (χ3n) is 3.44. The van der Waals surface area contributed by atoms with Crippen molar-refractivity contribution >= 4 is 29.3 Å². The van der Waals surface area contributed by atoms with Crippen molar-refractivity contribution in [2.45, 2.75) is 13.0 Å². The summed E-state index contributed by atoms with van der Waals surface area (Å²) < 4.78 is 1.46. The zero-order chi connectivity index (χ0) is 15.7. The molecule has 2 aromatic heterocycles. The van der Waals surface area contributed by atoms with Gasteiger partial charge in [-0.05, 0) is 19.1 Å². The largest absolute Gasteiger partial charge is 0.477 e. The van der Waals surface area contributed by atoms with E-state index < -0.39 is 5.97 Å². The number of rotatable bonds is 4. The van der Waals surface area contributed by atoms with Crippen LogP contribution in [0.25, 0.3) is 6.08 Å². The molecule has 1 amide bonds. The summed E-state index contributed by atoms with van der Waals surface area (Å²) in [4.78, 5) is 29.8. The fourth-order valence-electron chi connectivity index (χ4n) is 2.28. The van der Waals surface area contributed by atoms with Gasteiger partial charge < -0.3 is 10.0 Å². The summed E-state index contributed by atoms with van der Waals surface area (Å²) in [5.74, 6) is -1.10. The molecule has 3 heterocycles. The van der Waals surface area contributed by atoms with Gasteiger partial charge in [-0.25, -0.2) is 9.78 Å². The Morgan fingerprint density at radius 3 is 2.86 bits per heavy atom. The van der Waals surface area contributed by atoms with Crippen molar-refractivity contribution in [3.05, 3.63) is 40.1 Å². The van der Waals surface area contributed by atoms with E-state index in [4.69, 9.17) is 5.11 Å². The molecule has 1 N–H and O–H groups in total. The molecule has 0 bridgehead atoms. The van der Waals surface area contributed by atoms with Crippen LogP contribution in [0.2, 0.25) is 0 Å². The highest BCUT2D eigenvalue weighted by Crippen LogP contribution is 2.23. The van der Waals surface area contributed by atoms with E-state index in [1.54, 1.807) is 17.2 Å². The van der Waals surface area contributed by atoms with Crippen molar-refractivity contribution in [2.75, 3.05) is 13.1 Å². The van der Waals surface area contributed by atoms with Gasteiger partial charge in [0.2, 0.25) is 5.91 Å². The van der Waals surface area contributed by atoms with Crippen LogP contribution in [0.5, 0.6) is 0 Å². The molecular formula is C14H14N4O3S. The molecule has 0 unspecified atom stereocenters. The molecule has 1 aliphatic heterocycles. The number of aromatic nitrogens is 3. The van der Waals surface area contributed by atoms with Gasteiger partial charge in [0, 0.05) is 36.4 Å². The first kappa shape index (κ1) is 14.5. The third-order valence-corrected chi connectivity index (χ3v) is 4.32. The van der Waals surface area contributed by atoms with E-state index in [0.717, 1.165) is 9.88 Å². The SMILES string of the molecule is Cc1ncc(/C=C/C(=O)N2CC(n3nccc3C(=O)O)C2)s1. The van der Waals surface area contributed by atoms with Crippen molar-refractivity contribution in [3.63, 3.8) is 0 Å². The van der Waals surface area contributed by atoms with Crippen LogP contribution in [-0.4, -0.2) is 49.7 Å². The maximum absolute atomic E-state index is 12.0. The molecule has 114 valence electrons. The van der Waals surface area contributed by atoms with E-state index in [2.05, 4.69) is 10.1 Å². The molecule has 0 aliphatic carbocycles. The quantitative estimate of drug-likeness (QED) is 0.862. The van der Waals surface area contributed by atoms with Crippen LogP contribution < -0.4 is 0 Å². The Labute approximate surface area is 130 Å². The van der Waals surface area contributed by atoms with E-state index in [-0.39, 0.29) is 17.6 Å². The Morgan fingerprint density at radius 1 is 1.45 bits per heavy atom. The maximum Gasteiger partial charge on any atom is 0.354 e. The van der Waals surface area contributed by atoms with Crippen LogP contribution in [0.4, 0.5) is 0 Å². The van der Waals surface area contributed by atoms with Crippen LogP contribution in [-0.2, 0) is 4.79 Å². The Hall–Kier alpha value is -2.48. The van der Waals surface area contributed by atoms with Gasteiger partial charge in [-0.15, -0.1) is 11.3 Å². The number of carbonyl (C=O) groups is 2. The average molecular weight is 318 g/mol. The molecule has 0 aromatic carbocycles. The molecule has 0 atom stereocenters. The lowest BCUT2D eigenvalue weighted by Gasteiger charge is -2.38. The molecule has 0 saturated carbocycles. The van der Waals surface area contributed by atoms with Crippen molar-refractivity contribution < 1.29 is 14.7 Å². The highest BCUT2D eigenvalue weighted by molar-refractivity contribution is 7.12. The zero-order valence-electron chi connectivity index (χ0n) is 11.8. The lowest BCUT2D eigenvalue weighted by molar-refractivity contribution is -0.131. The average Bonchev–Trinajstić information content (AvgIpc) is 3.04. The van der Waals surface area contributed by atoms with E-state index in [0.29, 0.717) is 13.1 Å². The molecule has 0 radical (unpaired) electrons. The van der Waals surface area contributed by atoms with Gasteiger partial charge in [0.15, 0.2) is 0 Å². The van der Waals surface area contributed by atoms with Gasteiger partial charge in [-0.3, -0.25) is 9.48 Å². The highest BCUT2D eigenvalue weighted by Gasteiger charge is 2.33. The number of hydrogen-bond acceptors (Lipinski definition) is 5. The molecule has 22 heavy (non-hydrogen) atoms. The molecule has 8 heteroatoms. The van der Waals surface area contributed by atoms with Crippen LogP contribution in [0.15, 0.2) is 24.5 Å². The minimum absolute atomic E-state index is 0.0795. The fraction of sp³-hybridized carbons (Fsp3) is 0.286. The molecule has 7 nitrogen and oxygen atoms in total. The fourth-order valence-corrected chi connectivity index (χ4v) is 2.97. The van der Waals surface area contributed by atoms with Crippen molar-refractivity contribution in [1.29, 1.82) is 0 Å². The first-order valence-electron chi connectivity index (χ1n) is 6.71. The number of aromatic carboxylic acids is 1. The number of likely N-dealkylation sites (tertiary alicyclic amines) is 1. The smallest absolute Gasteiger partial charge is 0.354 e. The predicted molar refractivity (Wildman–Crippen MR) is 80.7 cm³/mol. The summed E-state index contributed by atoms with van der Waals surface area (Å²) in [5, 5.41) is 14.0. The second-order valence-electron chi connectivity index (χ2n) is 4.98. The van der Waals surface area contributed by atoms with Crippen LogP contribution in [0.1, 0.15) is 26.4 Å². The highest BCUT2D eigenvalue weighted by atomic mass is 32.1. The number of thiazole rings is 1. The van der Waals surface area contributed by atoms with E-state index in [1.165, 1.54) is 34.4 Å². The van der Waals surface area contributed by atoms with Crippen LogP contribution >= 0.6 is 11.3 Å². The second-order valence-corrected chi connectivity index (χ2v) is 6.24. The molecule has 1 aliphatic rings. The van der Waals surface area contributed by atoms with Gasteiger partial charge in [0.05, 0.1) is 11.0 Å². The minimum Gasteiger partial charge on any atom is -0.477 e. The van der Waals surface area contributed by atoms with E-state index in [9.17, 15) is 9.59 Å². The number of amides is 1. The van der Waals surface area contributed by atoms with Crippen LogP contribution in [0.3, 0.4) is 0 Å². The van der Waals surface area contributed by atoms with Crippen molar-refractivity contribution in [3.8, 4) is 0 Å². The van der Waals surface area contributed by atoms with Crippen molar-refractivity contribution in [1.82, 2.24) is 19.7 Å². The first-order valence-corrected chi connectivity index (χ1v) is 7.52. The zero-order valence-corrected chi connectivity index (χ0v) is 12.7. The normalized spacial score (nSPS) is 15.2. The summed E-state index contributed by atoms with van der Waals surface area (Å²) in [6, 6.07) is 1.38. The Morgan fingerprint density at radius 2 is 2.23 bits per heavy atom. The summed E-state index contributed by atoms with van der Waals surface area (Å²) in [7, 11) is 0. The monoisotopic (exact) mass is 318 g/mol. The minimum atomic E-state index is -1.01. The number of carboxylic acid groups (broad SMARTS) is 1. The topological polar surface area (TPSA) is 88.3 Å². The Bertz CT molecular complexity index is 743. The predicted octanol–water partition coefficient (Wildman–Crippen LogP) is 1.44. The first-order chi connectivity index (χ1) is 10.5. The van der Waals surface area contributed by atoms with Gasteiger partial charge in [0.1, 0.15) is 5.69 Å². The van der Waals surface area contributed by atoms with E-state index >= 15 is 0 Å². The molecule has 0 spiro atoms.